The largest absolute Gasteiger partial charge is 0.363 e. The molecule has 0 saturated carbocycles. The van der Waals surface area contributed by atoms with Crippen LogP contribution in [-0.2, 0) is 19.5 Å². The summed E-state index contributed by atoms with van der Waals surface area (Å²) < 4.78 is 84.6. The third-order valence-corrected chi connectivity index (χ3v) is 8.13. The molecule has 1 aliphatic rings. The highest BCUT2D eigenvalue weighted by atomic mass is 32.2. The molecule has 204 valence electrons. The van der Waals surface area contributed by atoms with Crippen LogP contribution in [0, 0.1) is 17.5 Å². The molecule has 0 aliphatic carbocycles. The van der Waals surface area contributed by atoms with Crippen LogP contribution in [0.3, 0.4) is 0 Å². The highest BCUT2D eigenvalue weighted by Crippen LogP contribution is 2.38. The van der Waals surface area contributed by atoms with E-state index in [2.05, 4.69) is 10.1 Å². The molecular formula is C27H25F3N4O4S. The van der Waals surface area contributed by atoms with E-state index in [0.717, 1.165) is 30.9 Å². The summed E-state index contributed by atoms with van der Waals surface area (Å²) in [5.74, 6) is -3.07. The number of anilines is 1. The second kappa shape index (κ2) is 11.2. The SMILES string of the molecule is COCN(c1cccc(-c2nn(C3CCCCO3)cc2-c2ccncc2)c1F)S(=O)(=O)c1cc(F)ccc1F. The Labute approximate surface area is 223 Å². The summed E-state index contributed by atoms with van der Waals surface area (Å²) in [6.45, 7) is -0.0744. The van der Waals surface area contributed by atoms with E-state index in [1.807, 2.05) is 0 Å². The Bertz CT molecular complexity index is 1580. The van der Waals surface area contributed by atoms with Gasteiger partial charge in [0.1, 0.15) is 35.2 Å². The standard InChI is InChI=1S/C27H25F3N4O4S/c1-37-17-34(39(35,36)24-15-19(28)8-9-22(24)29)23-6-4-5-20(26(23)30)27-21(18-10-12-31-13-11-18)16-33(32-27)25-7-2-3-14-38-25/h4-6,8-13,15-16,25H,2-3,7,14,17H2,1H3. The molecule has 12 heteroatoms. The number of rotatable bonds is 8. The van der Waals surface area contributed by atoms with Gasteiger partial charge >= 0.3 is 0 Å². The van der Waals surface area contributed by atoms with E-state index in [1.165, 1.54) is 25.3 Å². The van der Waals surface area contributed by atoms with Crippen LogP contribution < -0.4 is 4.31 Å². The van der Waals surface area contributed by atoms with Crippen LogP contribution in [0.15, 0.2) is 72.0 Å². The summed E-state index contributed by atoms with van der Waals surface area (Å²) >= 11 is 0. The molecule has 1 fully saturated rings. The number of hydrogen-bond donors (Lipinski definition) is 0. The summed E-state index contributed by atoms with van der Waals surface area (Å²) in [5.41, 5.74) is 1.14. The lowest BCUT2D eigenvalue weighted by Crippen LogP contribution is -2.34. The number of halogens is 3. The van der Waals surface area contributed by atoms with Gasteiger partial charge in [-0.15, -0.1) is 0 Å². The normalized spacial score (nSPS) is 15.8. The van der Waals surface area contributed by atoms with Gasteiger partial charge in [-0.3, -0.25) is 4.98 Å². The lowest BCUT2D eigenvalue weighted by Gasteiger charge is -2.25. The zero-order valence-corrected chi connectivity index (χ0v) is 21.7. The molecule has 39 heavy (non-hydrogen) atoms. The van der Waals surface area contributed by atoms with Gasteiger partial charge in [-0.25, -0.2) is 30.6 Å². The first-order valence-corrected chi connectivity index (χ1v) is 13.6. The number of hydrogen-bond acceptors (Lipinski definition) is 6. The molecule has 5 rings (SSSR count). The van der Waals surface area contributed by atoms with Gasteiger partial charge in [0.25, 0.3) is 10.0 Å². The molecule has 0 N–H and O–H groups in total. The number of benzene rings is 2. The fourth-order valence-corrected chi connectivity index (χ4v) is 5.95. The van der Waals surface area contributed by atoms with Crippen molar-refractivity contribution in [1.82, 2.24) is 14.8 Å². The molecule has 0 bridgehead atoms. The monoisotopic (exact) mass is 558 g/mol. The summed E-state index contributed by atoms with van der Waals surface area (Å²) in [7, 11) is -3.56. The van der Waals surface area contributed by atoms with Crippen molar-refractivity contribution in [2.45, 2.75) is 30.4 Å². The molecule has 3 heterocycles. The smallest absolute Gasteiger partial charge is 0.269 e. The number of methoxy groups -OCH3 is 1. The average molecular weight is 559 g/mol. The van der Waals surface area contributed by atoms with Gasteiger partial charge in [-0.1, -0.05) is 6.07 Å². The summed E-state index contributed by atoms with van der Waals surface area (Å²) in [6.07, 6.45) is 7.25. The Morgan fingerprint density at radius 1 is 1.08 bits per heavy atom. The zero-order valence-electron chi connectivity index (χ0n) is 20.9. The van der Waals surface area contributed by atoms with Gasteiger partial charge < -0.3 is 9.47 Å². The van der Waals surface area contributed by atoms with Crippen LogP contribution in [0.2, 0.25) is 0 Å². The van der Waals surface area contributed by atoms with Crippen LogP contribution in [0.4, 0.5) is 18.9 Å². The minimum atomic E-state index is -4.77. The Hall–Kier alpha value is -3.74. The van der Waals surface area contributed by atoms with Crippen molar-refractivity contribution in [1.29, 1.82) is 0 Å². The fraction of sp³-hybridized carbons (Fsp3) is 0.259. The zero-order chi connectivity index (χ0) is 27.6. The first-order chi connectivity index (χ1) is 18.8. The molecule has 1 saturated heterocycles. The maximum Gasteiger partial charge on any atom is 0.269 e. The molecular weight excluding hydrogens is 533 g/mol. The third-order valence-electron chi connectivity index (χ3n) is 6.38. The summed E-state index contributed by atoms with van der Waals surface area (Å²) in [5, 5.41) is 4.66. The van der Waals surface area contributed by atoms with E-state index in [0.29, 0.717) is 28.6 Å². The van der Waals surface area contributed by atoms with E-state index in [-0.39, 0.29) is 17.5 Å². The van der Waals surface area contributed by atoms with E-state index in [4.69, 9.17) is 9.47 Å². The van der Waals surface area contributed by atoms with Crippen molar-refractivity contribution in [2.75, 3.05) is 24.8 Å². The van der Waals surface area contributed by atoms with E-state index < -0.39 is 44.8 Å². The second-order valence-electron chi connectivity index (χ2n) is 8.91. The maximum absolute atomic E-state index is 16.3. The van der Waals surface area contributed by atoms with E-state index in [1.54, 1.807) is 35.4 Å². The first kappa shape index (κ1) is 26.9. The number of nitrogens with zero attached hydrogens (tertiary/aromatic N) is 4. The fourth-order valence-electron chi connectivity index (χ4n) is 4.49. The van der Waals surface area contributed by atoms with Crippen LogP contribution in [-0.4, -0.2) is 43.6 Å². The maximum atomic E-state index is 16.3. The van der Waals surface area contributed by atoms with Crippen molar-refractivity contribution in [3.05, 3.63) is 84.6 Å². The summed E-state index contributed by atoms with van der Waals surface area (Å²) in [6, 6.07) is 9.69. The molecule has 0 spiro atoms. The predicted octanol–water partition coefficient (Wildman–Crippen LogP) is 5.53. The third kappa shape index (κ3) is 5.27. The molecule has 4 aromatic rings. The highest BCUT2D eigenvalue weighted by Gasteiger charge is 2.32. The molecule has 0 amide bonds. The quantitative estimate of drug-likeness (QED) is 0.265. The highest BCUT2D eigenvalue weighted by molar-refractivity contribution is 7.92. The topological polar surface area (TPSA) is 86.5 Å². The molecule has 0 radical (unpaired) electrons. The lowest BCUT2D eigenvalue weighted by atomic mass is 10.0. The molecule has 1 aliphatic heterocycles. The van der Waals surface area contributed by atoms with Gasteiger partial charge in [-0.2, -0.15) is 5.10 Å². The van der Waals surface area contributed by atoms with Gasteiger partial charge in [0, 0.05) is 43.4 Å². The lowest BCUT2D eigenvalue weighted by molar-refractivity contribution is -0.0393. The molecule has 8 nitrogen and oxygen atoms in total. The molecule has 1 unspecified atom stereocenters. The van der Waals surface area contributed by atoms with Gasteiger partial charge in [-0.05, 0) is 67.3 Å². The molecule has 2 aromatic carbocycles. The molecule has 2 aromatic heterocycles. The second-order valence-corrected chi connectivity index (χ2v) is 10.7. The minimum absolute atomic E-state index is 0.00453. The number of ether oxygens (including phenoxy) is 2. The average Bonchev–Trinajstić information content (AvgIpc) is 3.39. The number of aromatic nitrogens is 3. The number of sulfonamides is 1. The van der Waals surface area contributed by atoms with Crippen molar-refractivity contribution in [3.8, 4) is 22.4 Å². The molecule has 1 atom stereocenters. The van der Waals surface area contributed by atoms with Crippen LogP contribution in [0.1, 0.15) is 25.5 Å². The minimum Gasteiger partial charge on any atom is -0.363 e. The van der Waals surface area contributed by atoms with Crippen LogP contribution >= 0.6 is 0 Å². The van der Waals surface area contributed by atoms with Crippen molar-refractivity contribution < 1.29 is 31.1 Å². The number of pyridine rings is 1. The van der Waals surface area contributed by atoms with Gasteiger partial charge in [0.15, 0.2) is 5.82 Å². The Morgan fingerprint density at radius 2 is 1.87 bits per heavy atom. The summed E-state index contributed by atoms with van der Waals surface area (Å²) in [4.78, 5) is 3.10. The predicted molar refractivity (Wildman–Crippen MR) is 138 cm³/mol. The van der Waals surface area contributed by atoms with Crippen molar-refractivity contribution in [2.24, 2.45) is 0 Å². The van der Waals surface area contributed by atoms with Crippen molar-refractivity contribution >= 4 is 15.7 Å². The van der Waals surface area contributed by atoms with Gasteiger partial charge in [0.05, 0.1) is 5.69 Å². The van der Waals surface area contributed by atoms with Crippen LogP contribution in [0.25, 0.3) is 22.4 Å². The van der Waals surface area contributed by atoms with Crippen molar-refractivity contribution in [3.63, 3.8) is 0 Å². The Balaban J connectivity index is 1.65. The van der Waals surface area contributed by atoms with Gasteiger partial charge in [0.2, 0.25) is 0 Å². The van der Waals surface area contributed by atoms with E-state index in [9.17, 15) is 17.2 Å². The van der Waals surface area contributed by atoms with Crippen LogP contribution in [0.5, 0.6) is 0 Å². The van der Waals surface area contributed by atoms with E-state index >= 15 is 4.39 Å². The Morgan fingerprint density at radius 3 is 2.59 bits per heavy atom. The first-order valence-electron chi connectivity index (χ1n) is 12.2. The Kier molecular flexibility index (Phi) is 7.69.